The van der Waals surface area contributed by atoms with Crippen molar-refractivity contribution in [1.82, 2.24) is 0 Å². The van der Waals surface area contributed by atoms with Crippen LogP contribution < -0.4 is 0 Å². The fourth-order valence-electron chi connectivity index (χ4n) is 3.07. The second-order valence-corrected chi connectivity index (χ2v) is 5.76. The van der Waals surface area contributed by atoms with Gasteiger partial charge in [-0.15, -0.1) is 6.58 Å². The number of rotatable bonds is 6. The van der Waals surface area contributed by atoms with Gasteiger partial charge >= 0.3 is 0 Å². The number of hydrogen-bond acceptors (Lipinski definition) is 2. The topological polar surface area (TPSA) is 18.5 Å². The predicted octanol–water partition coefficient (Wildman–Crippen LogP) is 4.24. The van der Waals surface area contributed by atoms with Crippen LogP contribution in [0.15, 0.2) is 12.7 Å². The van der Waals surface area contributed by atoms with Crippen molar-refractivity contribution >= 4 is 0 Å². The lowest BCUT2D eigenvalue weighted by atomic mass is 9.97. The van der Waals surface area contributed by atoms with Crippen molar-refractivity contribution < 1.29 is 9.47 Å². The van der Waals surface area contributed by atoms with E-state index in [4.69, 9.17) is 9.47 Å². The summed E-state index contributed by atoms with van der Waals surface area (Å²) < 4.78 is 12.1. The molecule has 2 fully saturated rings. The lowest BCUT2D eigenvalue weighted by Crippen LogP contribution is -2.29. The maximum absolute atomic E-state index is 6.09. The molecule has 1 unspecified atom stereocenters. The van der Waals surface area contributed by atoms with Crippen molar-refractivity contribution in [2.75, 3.05) is 6.61 Å². The van der Waals surface area contributed by atoms with Gasteiger partial charge in [0.25, 0.3) is 0 Å². The molecule has 0 heterocycles. The van der Waals surface area contributed by atoms with Gasteiger partial charge in [0.05, 0.1) is 24.9 Å². The Bertz CT molecular complexity index is 227. The predicted molar refractivity (Wildman–Crippen MR) is 74.8 cm³/mol. The monoisotopic (exact) mass is 252 g/mol. The largest absolute Gasteiger partial charge is 0.375 e. The van der Waals surface area contributed by atoms with Crippen molar-refractivity contribution in [3.8, 4) is 0 Å². The Hall–Kier alpha value is -0.340. The molecule has 2 nitrogen and oxygen atoms in total. The zero-order chi connectivity index (χ0) is 12.6. The zero-order valence-electron chi connectivity index (χ0n) is 11.6. The molecule has 2 rings (SSSR count). The van der Waals surface area contributed by atoms with Gasteiger partial charge in [-0.2, -0.15) is 0 Å². The first-order chi connectivity index (χ1) is 8.88. The normalized spacial score (nSPS) is 24.9. The number of ether oxygens (including phenoxy) is 2. The lowest BCUT2D eigenvalue weighted by molar-refractivity contribution is -0.0702. The van der Waals surface area contributed by atoms with E-state index < -0.39 is 0 Å². The summed E-state index contributed by atoms with van der Waals surface area (Å²) in [6, 6.07) is 0. The third-order valence-corrected chi connectivity index (χ3v) is 4.23. The number of hydrogen-bond donors (Lipinski definition) is 0. The Morgan fingerprint density at radius 1 is 0.889 bits per heavy atom. The molecule has 2 aliphatic carbocycles. The van der Waals surface area contributed by atoms with E-state index in [0.29, 0.717) is 18.8 Å². The van der Waals surface area contributed by atoms with Gasteiger partial charge in [0.1, 0.15) is 0 Å². The summed E-state index contributed by atoms with van der Waals surface area (Å²) in [4.78, 5) is 0. The molecule has 0 saturated heterocycles. The molecule has 0 aromatic heterocycles. The van der Waals surface area contributed by atoms with Crippen LogP contribution >= 0.6 is 0 Å². The minimum atomic E-state index is 0.0926. The molecule has 0 aliphatic heterocycles. The van der Waals surface area contributed by atoms with E-state index in [1.165, 1.54) is 64.2 Å². The van der Waals surface area contributed by atoms with Gasteiger partial charge in [-0.3, -0.25) is 0 Å². The molecule has 0 bridgehead atoms. The third-order valence-electron chi connectivity index (χ3n) is 4.23. The van der Waals surface area contributed by atoms with Gasteiger partial charge in [0.2, 0.25) is 0 Å². The average molecular weight is 252 g/mol. The quantitative estimate of drug-likeness (QED) is 0.658. The molecule has 0 spiro atoms. The molecule has 2 saturated carbocycles. The van der Waals surface area contributed by atoms with Crippen LogP contribution in [0.25, 0.3) is 0 Å². The molecule has 0 radical (unpaired) electrons. The second kappa shape index (κ2) is 7.96. The molecule has 1 atom stereocenters. The molecule has 2 heteroatoms. The summed E-state index contributed by atoms with van der Waals surface area (Å²) >= 11 is 0. The highest BCUT2D eigenvalue weighted by atomic mass is 16.5. The minimum Gasteiger partial charge on any atom is -0.375 e. The van der Waals surface area contributed by atoms with E-state index in [-0.39, 0.29) is 6.10 Å². The highest BCUT2D eigenvalue weighted by Gasteiger charge is 2.19. The van der Waals surface area contributed by atoms with Crippen molar-refractivity contribution in [3.63, 3.8) is 0 Å². The first-order valence-corrected chi connectivity index (χ1v) is 7.78. The maximum atomic E-state index is 6.09. The highest BCUT2D eigenvalue weighted by Crippen LogP contribution is 2.23. The first-order valence-electron chi connectivity index (χ1n) is 7.78. The van der Waals surface area contributed by atoms with Crippen molar-refractivity contribution in [2.45, 2.75) is 82.5 Å². The van der Waals surface area contributed by atoms with E-state index in [1.54, 1.807) is 0 Å². The smallest absolute Gasteiger partial charge is 0.0990 e. The van der Waals surface area contributed by atoms with E-state index in [1.807, 2.05) is 6.08 Å². The van der Waals surface area contributed by atoms with Crippen LogP contribution in [0.5, 0.6) is 0 Å². The van der Waals surface area contributed by atoms with Crippen molar-refractivity contribution in [3.05, 3.63) is 12.7 Å². The third kappa shape index (κ3) is 4.74. The molecule has 104 valence electrons. The van der Waals surface area contributed by atoms with Gasteiger partial charge in [0, 0.05) is 0 Å². The average Bonchev–Trinajstić information content (AvgIpc) is 2.45. The van der Waals surface area contributed by atoms with Crippen molar-refractivity contribution in [2.24, 2.45) is 0 Å². The SMILES string of the molecule is C=CC(COC1CCCCC1)OC1CCCCC1. The van der Waals surface area contributed by atoms with Crippen LogP contribution in [0.4, 0.5) is 0 Å². The Morgan fingerprint density at radius 3 is 2.00 bits per heavy atom. The minimum absolute atomic E-state index is 0.0926. The second-order valence-electron chi connectivity index (χ2n) is 5.76. The van der Waals surface area contributed by atoms with Crippen LogP contribution in [0.1, 0.15) is 64.2 Å². The fourth-order valence-corrected chi connectivity index (χ4v) is 3.07. The molecule has 0 aromatic rings. The van der Waals surface area contributed by atoms with Gasteiger partial charge in [-0.05, 0) is 25.7 Å². The summed E-state index contributed by atoms with van der Waals surface area (Å²) in [5.74, 6) is 0. The van der Waals surface area contributed by atoms with Crippen LogP contribution in [-0.2, 0) is 9.47 Å². The Balaban J connectivity index is 1.65. The molecule has 0 aromatic carbocycles. The summed E-state index contributed by atoms with van der Waals surface area (Å²) in [5.41, 5.74) is 0. The summed E-state index contributed by atoms with van der Waals surface area (Å²) in [6.07, 6.45) is 15.8. The summed E-state index contributed by atoms with van der Waals surface area (Å²) in [5, 5.41) is 0. The fraction of sp³-hybridized carbons (Fsp3) is 0.875. The Morgan fingerprint density at radius 2 is 1.44 bits per heavy atom. The van der Waals surface area contributed by atoms with Gasteiger partial charge in [0.15, 0.2) is 0 Å². The highest BCUT2D eigenvalue weighted by molar-refractivity contribution is 4.82. The maximum Gasteiger partial charge on any atom is 0.0990 e. The van der Waals surface area contributed by atoms with Crippen molar-refractivity contribution in [1.29, 1.82) is 0 Å². The van der Waals surface area contributed by atoms with Crippen LogP contribution in [0.3, 0.4) is 0 Å². The molecule has 0 amide bonds. The lowest BCUT2D eigenvalue weighted by Gasteiger charge is -2.28. The van der Waals surface area contributed by atoms with Gasteiger partial charge in [-0.25, -0.2) is 0 Å². The molecule has 0 N–H and O–H groups in total. The van der Waals surface area contributed by atoms with Crippen LogP contribution in [0, 0.1) is 0 Å². The van der Waals surface area contributed by atoms with E-state index in [0.717, 1.165) is 0 Å². The van der Waals surface area contributed by atoms with Crippen LogP contribution in [-0.4, -0.2) is 24.9 Å². The molecule has 2 aliphatic rings. The standard InChI is InChI=1S/C16H28O2/c1-2-14(18-16-11-7-4-8-12-16)13-17-15-9-5-3-6-10-15/h2,14-16H,1,3-13H2. The van der Waals surface area contributed by atoms with E-state index in [2.05, 4.69) is 6.58 Å². The van der Waals surface area contributed by atoms with E-state index >= 15 is 0 Å². The van der Waals surface area contributed by atoms with Gasteiger partial charge < -0.3 is 9.47 Å². The first kappa shape index (κ1) is 14.1. The molecular formula is C16H28O2. The van der Waals surface area contributed by atoms with Gasteiger partial charge in [-0.1, -0.05) is 44.6 Å². The Kier molecular flexibility index (Phi) is 6.22. The van der Waals surface area contributed by atoms with E-state index in [9.17, 15) is 0 Å². The van der Waals surface area contributed by atoms with Crippen LogP contribution in [0.2, 0.25) is 0 Å². The summed E-state index contributed by atoms with van der Waals surface area (Å²) in [7, 11) is 0. The molecule has 18 heavy (non-hydrogen) atoms. The molecular weight excluding hydrogens is 224 g/mol. The zero-order valence-corrected chi connectivity index (χ0v) is 11.6. The summed E-state index contributed by atoms with van der Waals surface area (Å²) in [6.45, 7) is 4.58. The Labute approximate surface area is 112 Å².